The van der Waals surface area contributed by atoms with E-state index in [9.17, 15) is 21.2 Å². The second kappa shape index (κ2) is 11.0. The summed E-state index contributed by atoms with van der Waals surface area (Å²) in [5, 5.41) is 13.6. The van der Waals surface area contributed by atoms with Crippen molar-refractivity contribution in [3.8, 4) is 22.6 Å². The molecule has 1 aliphatic carbocycles. The lowest BCUT2D eigenvalue weighted by Gasteiger charge is -2.17. The van der Waals surface area contributed by atoms with E-state index in [2.05, 4.69) is 20.1 Å². The Balaban J connectivity index is 1.50. The predicted octanol–water partition coefficient (Wildman–Crippen LogP) is 5.02. The molecule has 1 aliphatic rings. The third-order valence-electron chi connectivity index (χ3n) is 7.35. The highest BCUT2D eigenvalue weighted by Crippen LogP contribution is 2.38. The number of pyridine rings is 1. The van der Waals surface area contributed by atoms with Gasteiger partial charge in [0.2, 0.25) is 20.0 Å². The number of hydrogen-bond donors (Lipinski definition) is 3. The molecule has 6 rings (SSSR count). The number of nitrogens with one attached hydrogen (secondary N) is 2. The first-order chi connectivity index (χ1) is 20.8. The SMILES string of the molecule is Cc1nn(C)c(C)c1-c1ccc2c(Nc3cc(Oc4ccc(F)cc4)cc(S(N)(=O)=O)c3)c(S(=O)(=O)NC3CC3)cnc2c1. The predicted molar refractivity (Wildman–Crippen MR) is 164 cm³/mol. The summed E-state index contributed by atoms with van der Waals surface area (Å²) in [4.78, 5) is 4.12. The number of halogens is 1. The Morgan fingerprint density at radius 2 is 1.70 bits per heavy atom. The first-order valence-electron chi connectivity index (χ1n) is 13.6. The number of nitrogens with zero attached hydrogens (tertiary/aromatic N) is 3. The smallest absolute Gasteiger partial charge is 0.244 e. The summed E-state index contributed by atoms with van der Waals surface area (Å²) in [5.74, 6) is -0.133. The van der Waals surface area contributed by atoms with E-state index in [0.29, 0.717) is 10.9 Å². The molecule has 0 spiro atoms. The summed E-state index contributed by atoms with van der Waals surface area (Å²) in [7, 11) is -6.35. The molecule has 0 amide bonds. The number of primary sulfonamides is 1. The van der Waals surface area contributed by atoms with E-state index in [-0.39, 0.29) is 38.7 Å². The molecule has 228 valence electrons. The molecule has 3 aromatic carbocycles. The van der Waals surface area contributed by atoms with Crippen LogP contribution >= 0.6 is 0 Å². The average molecular weight is 637 g/mol. The lowest BCUT2D eigenvalue weighted by atomic mass is 10.0. The standard InChI is InChI=1S/C30H29FN6O5S2/c1-17-29(18(2)37(3)35-17)19-4-11-26-27(12-19)33-16-28(44(40,41)36-21-7-8-21)30(26)34-22-13-24(15-25(14-22)43(32,38)39)42-23-9-5-20(31)6-10-23/h4-6,9-16,21,36H,7-8H2,1-3H3,(H,33,34)(H2,32,38,39). The van der Waals surface area contributed by atoms with E-state index in [0.717, 1.165) is 35.4 Å². The number of nitrogens with two attached hydrogens (primary N) is 1. The molecular formula is C30H29FN6O5S2. The minimum absolute atomic E-state index is 0.0781. The van der Waals surface area contributed by atoms with Crippen LogP contribution in [0.4, 0.5) is 15.8 Å². The molecule has 0 radical (unpaired) electrons. The molecule has 14 heteroatoms. The van der Waals surface area contributed by atoms with Crippen LogP contribution in [0, 0.1) is 19.7 Å². The van der Waals surface area contributed by atoms with E-state index < -0.39 is 25.9 Å². The molecule has 0 aliphatic heterocycles. The van der Waals surface area contributed by atoms with Gasteiger partial charge in [-0.15, -0.1) is 0 Å². The number of hydrogen-bond acceptors (Lipinski definition) is 8. The van der Waals surface area contributed by atoms with E-state index >= 15 is 0 Å². The van der Waals surface area contributed by atoms with Crippen LogP contribution in [0.5, 0.6) is 11.5 Å². The molecule has 0 bridgehead atoms. The zero-order chi connectivity index (χ0) is 31.4. The summed E-state index contributed by atoms with van der Waals surface area (Å²) in [5.41, 5.74) is 4.48. The maximum absolute atomic E-state index is 13.5. The summed E-state index contributed by atoms with van der Waals surface area (Å²) < 4.78 is 75.5. The molecule has 2 heterocycles. The van der Waals surface area contributed by atoms with Gasteiger partial charge in [0.15, 0.2) is 0 Å². The zero-order valence-corrected chi connectivity index (χ0v) is 25.6. The van der Waals surface area contributed by atoms with Crippen molar-refractivity contribution in [2.75, 3.05) is 5.32 Å². The van der Waals surface area contributed by atoms with Gasteiger partial charge in [-0.05, 0) is 68.7 Å². The van der Waals surface area contributed by atoms with Crippen molar-refractivity contribution >= 4 is 42.3 Å². The topological polar surface area (TPSA) is 158 Å². The van der Waals surface area contributed by atoms with E-state index in [1.165, 1.54) is 48.7 Å². The molecule has 1 fully saturated rings. The number of anilines is 2. The van der Waals surface area contributed by atoms with Crippen LogP contribution in [-0.4, -0.2) is 37.6 Å². The third kappa shape index (κ3) is 6.01. The van der Waals surface area contributed by atoms with Crippen molar-refractivity contribution in [2.24, 2.45) is 12.2 Å². The lowest BCUT2D eigenvalue weighted by molar-refractivity contribution is 0.479. The maximum atomic E-state index is 13.5. The van der Waals surface area contributed by atoms with Crippen LogP contribution in [-0.2, 0) is 27.1 Å². The van der Waals surface area contributed by atoms with E-state index in [1.807, 2.05) is 33.0 Å². The molecular weight excluding hydrogens is 607 g/mol. The Labute approximate surface area is 254 Å². The first-order valence-corrected chi connectivity index (χ1v) is 16.7. The normalized spacial score (nSPS) is 13.8. The van der Waals surface area contributed by atoms with Gasteiger partial charge in [-0.25, -0.2) is 31.1 Å². The number of benzene rings is 3. The number of aromatic nitrogens is 3. The minimum Gasteiger partial charge on any atom is -0.457 e. The number of ether oxygens (including phenoxy) is 1. The monoisotopic (exact) mass is 636 g/mol. The second-order valence-electron chi connectivity index (χ2n) is 10.7. The molecule has 11 nitrogen and oxygen atoms in total. The van der Waals surface area contributed by atoms with Crippen molar-refractivity contribution in [3.63, 3.8) is 0 Å². The molecule has 1 saturated carbocycles. The van der Waals surface area contributed by atoms with Gasteiger partial charge in [-0.1, -0.05) is 12.1 Å². The summed E-state index contributed by atoms with van der Waals surface area (Å²) in [6, 6.07) is 14.5. The minimum atomic E-state index is -4.20. The van der Waals surface area contributed by atoms with Crippen LogP contribution in [0.2, 0.25) is 0 Å². The van der Waals surface area contributed by atoms with Crippen LogP contribution in [0.25, 0.3) is 22.0 Å². The fourth-order valence-corrected chi connectivity index (χ4v) is 6.98. The maximum Gasteiger partial charge on any atom is 0.244 e. The number of rotatable bonds is 9. The van der Waals surface area contributed by atoms with Gasteiger partial charge in [0.05, 0.1) is 21.8 Å². The van der Waals surface area contributed by atoms with Gasteiger partial charge in [0, 0.05) is 53.8 Å². The molecule has 0 unspecified atom stereocenters. The molecule has 44 heavy (non-hydrogen) atoms. The van der Waals surface area contributed by atoms with Crippen molar-refractivity contribution in [2.45, 2.75) is 42.5 Å². The Kier molecular flexibility index (Phi) is 7.40. The number of sulfonamides is 2. The van der Waals surface area contributed by atoms with E-state index in [1.54, 1.807) is 10.7 Å². The van der Waals surface area contributed by atoms with Gasteiger partial charge < -0.3 is 10.1 Å². The van der Waals surface area contributed by atoms with Gasteiger partial charge >= 0.3 is 0 Å². The molecule has 2 aromatic heterocycles. The van der Waals surface area contributed by atoms with Gasteiger partial charge in [0.25, 0.3) is 0 Å². The molecule has 0 saturated heterocycles. The Morgan fingerprint density at radius 3 is 2.34 bits per heavy atom. The summed E-state index contributed by atoms with van der Waals surface area (Å²) in [6.07, 6.45) is 2.74. The fourth-order valence-electron chi connectivity index (χ4n) is 4.99. The average Bonchev–Trinajstić information content (AvgIpc) is 3.72. The highest BCUT2D eigenvalue weighted by Gasteiger charge is 2.31. The van der Waals surface area contributed by atoms with Crippen molar-refractivity contribution in [1.82, 2.24) is 19.5 Å². The Hall–Kier alpha value is -4.37. The van der Waals surface area contributed by atoms with Crippen LogP contribution in [0.15, 0.2) is 76.7 Å². The highest BCUT2D eigenvalue weighted by atomic mass is 32.2. The second-order valence-corrected chi connectivity index (χ2v) is 14.0. The quantitative estimate of drug-likeness (QED) is 0.204. The van der Waals surface area contributed by atoms with Crippen LogP contribution < -0.4 is 19.9 Å². The highest BCUT2D eigenvalue weighted by molar-refractivity contribution is 7.89. The van der Waals surface area contributed by atoms with Crippen LogP contribution in [0.1, 0.15) is 24.2 Å². The van der Waals surface area contributed by atoms with Gasteiger partial charge in [-0.3, -0.25) is 9.67 Å². The zero-order valence-electron chi connectivity index (χ0n) is 24.0. The largest absolute Gasteiger partial charge is 0.457 e. The summed E-state index contributed by atoms with van der Waals surface area (Å²) >= 11 is 0. The van der Waals surface area contributed by atoms with E-state index in [4.69, 9.17) is 9.88 Å². The Morgan fingerprint density at radius 1 is 0.977 bits per heavy atom. The van der Waals surface area contributed by atoms with Gasteiger partial charge in [-0.2, -0.15) is 5.10 Å². The molecule has 0 atom stereocenters. The van der Waals surface area contributed by atoms with Crippen molar-refractivity contribution < 1.29 is 26.0 Å². The van der Waals surface area contributed by atoms with Gasteiger partial charge in [0.1, 0.15) is 22.2 Å². The first kappa shape index (κ1) is 29.7. The van der Waals surface area contributed by atoms with Crippen molar-refractivity contribution in [1.29, 1.82) is 0 Å². The number of aryl methyl sites for hydroxylation is 2. The summed E-state index contributed by atoms with van der Waals surface area (Å²) in [6.45, 7) is 3.87. The molecule has 5 aromatic rings. The number of fused-ring (bicyclic) bond motifs is 1. The lowest BCUT2D eigenvalue weighted by Crippen LogP contribution is -2.26. The fraction of sp³-hybridized carbons (Fsp3) is 0.200. The molecule has 4 N–H and O–H groups in total. The Bertz CT molecular complexity index is 2150. The third-order valence-corrected chi connectivity index (χ3v) is 9.77. The van der Waals surface area contributed by atoms with Crippen molar-refractivity contribution in [3.05, 3.63) is 84.1 Å². The van der Waals surface area contributed by atoms with Crippen LogP contribution in [0.3, 0.4) is 0 Å².